The molecule has 4 heteroatoms. The molecule has 3 aliphatic rings. The van der Waals surface area contributed by atoms with Gasteiger partial charge in [0.1, 0.15) is 0 Å². The summed E-state index contributed by atoms with van der Waals surface area (Å²) in [6.45, 7) is 1.70. The fraction of sp³-hybridized carbons (Fsp3) is 0.944. The van der Waals surface area contributed by atoms with E-state index in [4.69, 9.17) is 5.73 Å². The maximum Gasteiger partial charge on any atom is 0.223 e. The van der Waals surface area contributed by atoms with Gasteiger partial charge in [-0.15, -0.1) is 12.4 Å². The molecule has 1 saturated heterocycles. The fourth-order valence-corrected chi connectivity index (χ4v) is 5.11. The van der Waals surface area contributed by atoms with E-state index in [-0.39, 0.29) is 17.8 Å². The lowest BCUT2D eigenvalue weighted by Crippen LogP contribution is -2.44. The van der Waals surface area contributed by atoms with Gasteiger partial charge in [-0.3, -0.25) is 4.79 Å². The standard InChI is InChI=1S/C18H32N2O.ClH/c19-14-18(10-4-1-5-11-18)13-17(21)20-12-6-9-16(20)15-7-2-3-8-15;/h15-16H,1-14,19H2;1H. The zero-order valence-electron chi connectivity index (χ0n) is 13.9. The lowest BCUT2D eigenvalue weighted by Gasteiger charge is -2.38. The lowest BCUT2D eigenvalue weighted by molar-refractivity contribution is -0.136. The summed E-state index contributed by atoms with van der Waals surface area (Å²) in [5.74, 6) is 1.20. The monoisotopic (exact) mass is 328 g/mol. The highest BCUT2D eigenvalue weighted by Crippen LogP contribution is 2.41. The minimum Gasteiger partial charge on any atom is -0.339 e. The number of carbonyl (C=O) groups is 1. The van der Waals surface area contributed by atoms with Gasteiger partial charge in [0.05, 0.1) is 0 Å². The van der Waals surface area contributed by atoms with Crippen LogP contribution in [0, 0.1) is 11.3 Å². The zero-order valence-corrected chi connectivity index (χ0v) is 14.7. The Balaban J connectivity index is 0.00000176. The van der Waals surface area contributed by atoms with E-state index in [9.17, 15) is 4.79 Å². The lowest BCUT2D eigenvalue weighted by atomic mass is 9.71. The minimum absolute atomic E-state index is 0. The molecule has 1 heterocycles. The Bertz CT molecular complexity index is 362. The number of likely N-dealkylation sites (tertiary alicyclic amines) is 1. The zero-order chi connectivity index (χ0) is 14.7. The molecule has 128 valence electrons. The Labute approximate surface area is 141 Å². The predicted octanol–water partition coefficient (Wildman–Crippen LogP) is 3.89. The summed E-state index contributed by atoms with van der Waals surface area (Å²) in [6.07, 6.45) is 14.8. The molecule has 0 aromatic rings. The van der Waals surface area contributed by atoms with Crippen LogP contribution in [0.3, 0.4) is 0 Å². The topological polar surface area (TPSA) is 46.3 Å². The van der Waals surface area contributed by atoms with Crippen molar-refractivity contribution >= 4 is 18.3 Å². The highest BCUT2D eigenvalue weighted by Gasteiger charge is 2.39. The van der Waals surface area contributed by atoms with Crippen molar-refractivity contribution in [2.24, 2.45) is 17.1 Å². The van der Waals surface area contributed by atoms with Gasteiger partial charge >= 0.3 is 0 Å². The van der Waals surface area contributed by atoms with E-state index in [0.29, 0.717) is 24.9 Å². The van der Waals surface area contributed by atoms with Gasteiger partial charge in [0.15, 0.2) is 0 Å². The molecule has 1 aliphatic heterocycles. The van der Waals surface area contributed by atoms with Gasteiger partial charge in [-0.05, 0) is 56.4 Å². The molecule has 22 heavy (non-hydrogen) atoms. The molecular formula is C18H33ClN2O. The molecular weight excluding hydrogens is 296 g/mol. The maximum absolute atomic E-state index is 12.9. The van der Waals surface area contributed by atoms with Crippen LogP contribution in [0.2, 0.25) is 0 Å². The molecule has 1 atom stereocenters. The number of hydrogen-bond acceptors (Lipinski definition) is 2. The van der Waals surface area contributed by atoms with Crippen LogP contribution in [-0.4, -0.2) is 29.9 Å². The number of rotatable bonds is 4. The Morgan fingerprint density at radius 1 is 1.00 bits per heavy atom. The first-order valence-electron chi connectivity index (χ1n) is 9.24. The molecule has 2 aliphatic carbocycles. The predicted molar refractivity (Wildman–Crippen MR) is 93.1 cm³/mol. The van der Waals surface area contributed by atoms with Crippen LogP contribution in [0.1, 0.15) is 77.0 Å². The summed E-state index contributed by atoms with van der Waals surface area (Å²) in [4.78, 5) is 15.2. The largest absolute Gasteiger partial charge is 0.339 e. The third kappa shape index (κ3) is 3.79. The summed E-state index contributed by atoms with van der Waals surface area (Å²) in [5, 5.41) is 0. The average Bonchev–Trinajstić information content (AvgIpc) is 3.18. The molecule has 0 aromatic carbocycles. The van der Waals surface area contributed by atoms with E-state index in [0.717, 1.165) is 25.3 Å². The van der Waals surface area contributed by atoms with E-state index in [1.54, 1.807) is 0 Å². The number of nitrogens with two attached hydrogens (primary N) is 1. The number of carbonyl (C=O) groups excluding carboxylic acids is 1. The number of halogens is 1. The van der Waals surface area contributed by atoms with Gasteiger partial charge in [-0.2, -0.15) is 0 Å². The number of nitrogens with zero attached hydrogens (tertiary/aromatic N) is 1. The molecule has 1 unspecified atom stereocenters. The summed E-state index contributed by atoms with van der Waals surface area (Å²) >= 11 is 0. The van der Waals surface area contributed by atoms with Crippen molar-refractivity contribution in [3.8, 4) is 0 Å². The van der Waals surface area contributed by atoms with Crippen LogP contribution in [0.5, 0.6) is 0 Å². The third-order valence-corrected chi connectivity index (χ3v) is 6.44. The van der Waals surface area contributed by atoms with Crippen molar-refractivity contribution in [1.29, 1.82) is 0 Å². The Kier molecular flexibility index (Phi) is 6.58. The second kappa shape index (κ2) is 8.01. The first kappa shape index (κ1) is 18.1. The highest BCUT2D eigenvalue weighted by atomic mass is 35.5. The molecule has 3 fully saturated rings. The summed E-state index contributed by atoms with van der Waals surface area (Å²) < 4.78 is 0. The second-order valence-corrected chi connectivity index (χ2v) is 7.78. The summed E-state index contributed by atoms with van der Waals surface area (Å²) in [7, 11) is 0. The van der Waals surface area contributed by atoms with Crippen LogP contribution in [0.15, 0.2) is 0 Å². The second-order valence-electron chi connectivity index (χ2n) is 7.78. The van der Waals surface area contributed by atoms with Crippen molar-refractivity contribution in [3.63, 3.8) is 0 Å². The van der Waals surface area contributed by atoms with E-state index < -0.39 is 0 Å². The van der Waals surface area contributed by atoms with Crippen molar-refractivity contribution in [3.05, 3.63) is 0 Å². The minimum atomic E-state index is 0. The fourth-order valence-electron chi connectivity index (χ4n) is 5.11. The van der Waals surface area contributed by atoms with Gasteiger partial charge in [0.25, 0.3) is 0 Å². The van der Waals surface area contributed by atoms with Gasteiger partial charge in [0.2, 0.25) is 5.91 Å². The van der Waals surface area contributed by atoms with Crippen LogP contribution in [0.25, 0.3) is 0 Å². The molecule has 0 bridgehead atoms. The maximum atomic E-state index is 12.9. The number of hydrogen-bond donors (Lipinski definition) is 1. The molecule has 1 amide bonds. The van der Waals surface area contributed by atoms with Crippen molar-refractivity contribution < 1.29 is 4.79 Å². The molecule has 3 rings (SSSR count). The highest BCUT2D eigenvalue weighted by molar-refractivity contribution is 5.85. The Hall–Kier alpha value is -0.280. The average molecular weight is 329 g/mol. The van der Waals surface area contributed by atoms with Crippen molar-refractivity contribution in [2.75, 3.05) is 13.1 Å². The molecule has 0 aromatic heterocycles. The molecule has 3 nitrogen and oxygen atoms in total. The smallest absolute Gasteiger partial charge is 0.223 e. The molecule has 2 N–H and O–H groups in total. The SMILES string of the molecule is Cl.NCC1(CC(=O)N2CCCC2C2CCCC2)CCCCC1. The first-order valence-corrected chi connectivity index (χ1v) is 9.24. The van der Waals surface area contributed by atoms with E-state index in [2.05, 4.69) is 4.90 Å². The molecule has 2 saturated carbocycles. The van der Waals surface area contributed by atoms with Crippen LogP contribution >= 0.6 is 12.4 Å². The van der Waals surface area contributed by atoms with Gasteiger partial charge in [-0.25, -0.2) is 0 Å². The Morgan fingerprint density at radius 3 is 2.32 bits per heavy atom. The first-order chi connectivity index (χ1) is 10.2. The van der Waals surface area contributed by atoms with Gasteiger partial charge in [0, 0.05) is 19.0 Å². The van der Waals surface area contributed by atoms with E-state index in [1.807, 2.05) is 0 Å². The van der Waals surface area contributed by atoms with Crippen molar-refractivity contribution in [1.82, 2.24) is 4.90 Å². The van der Waals surface area contributed by atoms with Crippen molar-refractivity contribution in [2.45, 2.75) is 83.1 Å². The third-order valence-electron chi connectivity index (χ3n) is 6.44. The normalized spacial score (nSPS) is 28.6. The number of amides is 1. The summed E-state index contributed by atoms with van der Waals surface area (Å²) in [6, 6.07) is 0.554. The van der Waals surface area contributed by atoms with E-state index in [1.165, 1.54) is 57.8 Å². The van der Waals surface area contributed by atoms with Crippen LogP contribution in [-0.2, 0) is 4.79 Å². The molecule has 0 spiro atoms. The Morgan fingerprint density at radius 2 is 1.68 bits per heavy atom. The quantitative estimate of drug-likeness (QED) is 0.851. The summed E-state index contributed by atoms with van der Waals surface area (Å²) in [5.41, 5.74) is 6.19. The van der Waals surface area contributed by atoms with Crippen LogP contribution < -0.4 is 5.73 Å². The van der Waals surface area contributed by atoms with Gasteiger partial charge < -0.3 is 10.6 Å². The van der Waals surface area contributed by atoms with E-state index >= 15 is 0 Å². The molecule has 0 radical (unpaired) electrons. The van der Waals surface area contributed by atoms with Gasteiger partial charge in [-0.1, -0.05) is 32.1 Å². The van der Waals surface area contributed by atoms with Crippen LogP contribution in [0.4, 0.5) is 0 Å².